The number of aliphatic hydroxyl groups excluding tert-OH is 1. The van der Waals surface area contributed by atoms with E-state index >= 15 is 0 Å². The third-order valence-electron chi connectivity index (χ3n) is 0.632. The number of hydrogen-bond acceptors (Lipinski definition) is 5. The van der Waals surface area contributed by atoms with Gasteiger partial charge in [0, 0.05) is 12.4 Å². The molecule has 5 N–H and O–H groups in total. The Labute approximate surface area is 78.1 Å². The van der Waals surface area contributed by atoms with Gasteiger partial charge in [-0.1, -0.05) is 0 Å². The molecule has 12 heavy (non-hydrogen) atoms. The molecular weight excluding hydrogens is 224 g/mol. The zero-order valence-corrected chi connectivity index (χ0v) is 6.61. The third-order valence-corrected chi connectivity index (χ3v) is 0.632. The summed E-state index contributed by atoms with van der Waals surface area (Å²) in [6.45, 7) is 0. The molecule has 8 heteroatoms. The zero-order chi connectivity index (χ0) is 7.44. The first kappa shape index (κ1) is 22.5. The molecule has 0 aromatic rings. The van der Waals surface area contributed by atoms with Crippen LogP contribution in [-0.4, -0.2) is 34.1 Å². The molecule has 1 unspecified atom stereocenters. The number of aliphatic hydroxyl groups is 1. The summed E-state index contributed by atoms with van der Waals surface area (Å²) in [4.78, 5) is 19.1. The number of carboxylic acids is 2. The van der Waals surface area contributed by atoms with Crippen molar-refractivity contribution in [1.82, 2.24) is 0 Å². The molecule has 7 nitrogen and oxygen atoms in total. The molecule has 0 amide bonds. The minimum Gasteiger partial charge on any atom is -0.550 e. The summed E-state index contributed by atoms with van der Waals surface area (Å²) in [6.07, 6.45) is -2.89. The molecule has 0 fully saturated rings. The van der Waals surface area contributed by atoms with Crippen molar-refractivity contribution in [2.75, 3.05) is 0 Å². The van der Waals surface area contributed by atoms with Gasteiger partial charge in [0.25, 0.3) is 0 Å². The van der Waals surface area contributed by atoms with Crippen LogP contribution in [0.4, 0.5) is 0 Å². The predicted octanol–water partition coefficient (Wildman–Crippen LogP) is -5.41. The summed E-state index contributed by atoms with van der Waals surface area (Å²) >= 11 is 0. The number of hydrogen-bond donors (Lipinski definition) is 1. The van der Waals surface area contributed by atoms with Crippen LogP contribution in [0.3, 0.4) is 0 Å². The molecule has 0 rings (SSSR count). The van der Waals surface area contributed by atoms with Gasteiger partial charge in [-0.3, -0.25) is 0 Å². The molecule has 0 aliphatic carbocycles. The summed E-state index contributed by atoms with van der Waals surface area (Å²) in [5.41, 5.74) is 0. The van der Waals surface area contributed by atoms with Crippen molar-refractivity contribution in [1.29, 1.82) is 0 Å². The Hall–Kier alpha value is -0.661. The van der Waals surface area contributed by atoms with Gasteiger partial charge in [0.15, 0.2) is 0 Å². The van der Waals surface area contributed by atoms with Crippen molar-refractivity contribution in [3.8, 4) is 0 Å². The largest absolute Gasteiger partial charge is 2.00 e. The van der Waals surface area contributed by atoms with E-state index < -0.39 is 24.5 Å². The van der Waals surface area contributed by atoms with E-state index in [1.807, 2.05) is 0 Å². The summed E-state index contributed by atoms with van der Waals surface area (Å²) in [7, 11) is 0. The fourth-order valence-corrected chi connectivity index (χ4v) is 0.241. The van der Waals surface area contributed by atoms with Crippen LogP contribution >= 0.6 is 0 Å². The fraction of sp³-hybridized carbons (Fsp3) is 0.500. The Morgan fingerprint density at radius 3 is 1.67 bits per heavy atom. The summed E-state index contributed by atoms with van der Waals surface area (Å²) in [5.74, 6) is -3.43. The molecule has 1 radical (unpaired) electrons. The molecule has 0 aliphatic rings. The van der Waals surface area contributed by atoms with Crippen LogP contribution in [0.2, 0.25) is 0 Å². The number of rotatable bonds is 3. The van der Waals surface area contributed by atoms with Crippen LogP contribution in [0.25, 0.3) is 0 Å². The maximum Gasteiger partial charge on any atom is 2.00 e. The van der Waals surface area contributed by atoms with E-state index in [-0.39, 0.29) is 28.0 Å². The Kier molecular flexibility index (Phi) is 19.4. The van der Waals surface area contributed by atoms with Gasteiger partial charge < -0.3 is 35.9 Å². The van der Waals surface area contributed by atoms with E-state index in [9.17, 15) is 19.8 Å². The van der Waals surface area contributed by atoms with Crippen molar-refractivity contribution >= 4 is 11.9 Å². The van der Waals surface area contributed by atoms with E-state index in [1.165, 1.54) is 0 Å². The van der Waals surface area contributed by atoms with Crippen LogP contribution in [0, 0.1) is 0 Å². The standard InChI is InChI=1S/C4H6O5.Cu.2H2O/c5-2(4(8)9)1-3(6)7;;;/h2,5H,1H2,(H,6,7)(H,8,9);;2*1H2/q;+2;;/p-2. The van der Waals surface area contributed by atoms with E-state index in [2.05, 4.69) is 0 Å². The van der Waals surface area contributed by atoms with Gasteiger partial charge in [-0.15, -0.1) is 0 Å². The monoisotopic (exact) mass is 231 g/mol. The molecule has 0 spiro atoms. The molecule has 0 bridgehead atoms. The van der Waals surface area contributed by atoms with Crippen LogP contribution < -0.4 is 10.2 Å². The normalized spacial score (nSPS) is 9.42. The van der Waals surface area contributed by atoms with Crippen molar-refractivity contribution in [3.05, 3.63) is 0 Å². The minimum atomic E-state index is -1.96. The van der Waals surface area contributed by atoms with Crippen molar-refractivity contribution in [2.24, 2.45) is 0 Å². The second kappa shape index (κ2) is 10.3. The fourth-order valence-electron chi connectivity index (χ4n) is 0.241. The molecule has 0 aromatic carbocycles. The maximum atomic E-state index is 9.58. The average Bonchev–Trinajstić information content (AvgIpc) is 1.63. The van der Waals surface area contributed by atoms with Crippen LogP contribution in [-0.2, 0) is 26.7 Å². The van der Waals surface area contributed by atoms with Crippen LogP contribution in [0.1, 0.15) is 6.42 Å². The quantitative estimate of drug-likeness (QED) is 0.478. The van der Waals surface area contributed by atoms with Crippen LogP contribution in [0.15, 0.2) is 0 Å². The van der Waals surface area contributed by atoms with E-state index in [1.54, 1.807) is 0 Å². The Morgan fingerprint density at radius 2 is 1.58 bits per heavy atom. The molecule has 0 saturated carbocycles. The van der Waals surface area contributed by atoms with E-state index in [0.717, 1.165) is 0 Å². The maximum absolute atomic E-state index is 9.58. The van der Waals surface area contributed by atoms with Gasteiger partial charge in [-0.25, -0.2) is 0 Å². The summed E-state index contributed by atoms with van der Waals surface area (Å²) in [5, 5.41) is 27.3. The molecule has 0 heterocycles. The summed E-state index contributed by atoms with van der Waals surface area (Å²) < 4.78 is 0. The molecule has 0 saturated heterocycles. The van der Waals surface area contributed by atoms with Crippen molar-refractivity contribution in [2.45, 2.75) is 12.5 Å². The average molecular weight is 232 g/mol. The van der Waals surface area contributed by atoms with Crippen molar-refractivity contribution < 1.29 is 52.9 Å². The van der Waals surface area contributed by atoms with Crippen molar-refractivity contribution in [3.63, 3.8) is 0 Å². The Morgan fingerprint density at radius 1 is 1.25 bits per heavy atom. The first-order valence-electron chi connectivity index (χ1n) is 2.13. The molecule has 77 valence electrons. The second-order valence-electron chi connectivity index (χ2n) is 1.41. The second-order valence-corrected chi connectivity index (χ2v) is 1.41. The Balaban J connectivity index is -0.000000107. The van der Waals surface area contributed by atoms with Gasteiger partial charge in [0.1, 0.15) is 0 Å². The topological polar surface area (TPSA) is 163 Å². The van der Waals surface area contributed by atoms with Gasteiger partial charge in [-0.2, -0.15) is 0 Å². The van der Waals surface area contributed by atoms with Gasteiger partial charge in [0.05, 0.1) is 12.1 Å². The SMILES string of the molecule is O.O.O=C([O-])CC(O)C(=O)[O-].[Cu+2]. The first-order valence-corrected chi connectivity index (χ1v) is 2.13. The predicted molar refractivity (Wildman–Crippen MR) is 27.9 cm³/mol. The first-order chi connectivity index (χ1) is 4.04. The molecule has 0 aromatic heterocycles. The summed E-state index contributed by atoms with van der Waals surface area (Å²) in [6, 6.07) is 0. The van der Waals surface area contributed by atoms with Crippen LogP contribution in [0.5, 0.6) is 0 Å². The van der Waals surface area contributed by atoms with Gasteiger partial charge in [-0.05, 0) is 0 Å². The molecular formula is C4H8CuO7. The number of aliphatic carboxylic acids is 2. The number of carboxylic acid groups (broad SMARTS) is 2. The number of carbonyl (C=O) groups excluding carboxylic acids is 2. The van der Waals surface area contributed by atoms with E-state index in [0.29, 0.717) is 0 Å². The molecule has 0 aliphatic heterocycles. The van der Waals surface area contributed by atoms with Gasteiger partial charge >= 0.3 is 17.1 Å². The van der Waals surface area contributed by atoms with Gasteiger partial charge in [0.2, 0.25) is 0 Å². The minimum absolute atomic E-state index is 0. The smallest absolute Gasteiger partial charge is 0.550 e. The Bertz CT molecular complexity index is 135. The zero-order valence-electron chi connectivity index (χ0n) is 5.67. The third kappa shape index (κ3) is 12.1. The van der Waals surface area contributed by atoms with E-state index in [4.69, 9.17) is 5.11 Å². The molecule has 1 atom stereocenters. The number of carbonyl (C=O) groups is 2.